The fraction of sp³-hybridized carbons (Fsp3) is 0.333. The smallest absolute Gasteiger partial charge is 0.109 e. The van der Waals surface area contributed by atoms with Gasteiger partial charge in [-0.15, -0.1) is 0 Å². The molecule has 0 bridgehead atoms. The van der Waals surface area contributed by atoms with E-state index < -0.39 is 0 Å². The molecule has 0 radical (unpaired) electrons. The van der Waals surface area contributed by atoms with E-state index in [1.54, 1.807) is 0 Å². The Kier molecular flexibility index (Phi) is 9.03. The van der Waals surface area contributed by atoms with Crippen molar-refractivity contribution in [2.75, 3.05) is 13.2 Å². The van der Waals surface area contributed by atoms with Gasteiger partial charge in [0.05, 0.1) is 6.61 Å². The monoisotopic (exact) mass is 214 g/mol. The second-order valence-corrected chi connectivity index (χ2v) is 2.14. The van der Waals surface area contributed by atoms with Crippen molar-refractivity contribution >= 4 is 15.9 Å². The highest BCUT2D eigenvalue weighted by atomic mass is 79.9. The molecule has 11 heavy (non-hydrogen) atoms. The maximum atomic E-state index is 5.10. The summed E-state index contributed by atoms with van der Waals surface area (Å²) in [7, 11) is 0. The van der Waals surface area contributed by atoms with E-state index in [2.05, 4.69) is 26.7 Å². The fourth-order valence-electron chi connectivity index (χ4n) is 0.451. The molecule has 0 amide bonds. The summed E-state index contributed by atoms with van der Waals surface area (Å²) in [5, 5.41) is 0. The predicted molar refractivity (Wildman–Crippen MR) is 51.5 cm³/mol. The maximum Gasteiger partial charge on any atom is 0.109 e. The average Bonchev–Trinajstić information content (AvgIpc) is 2.03. The SMILES string of the molecule is CC=CC=CCOCC#CBr. The van der Waals surface area contributed by atoms with Gasteiger partial charge in [0.1, 0.15) is 6.61 Å². The summed E-state index contributed by atoms with van der Waals surface area (Å²) < 4.78 is 5.10. The quantitative estimate of drug-likeness (QED) is 0.397. The van der Waals surface area contributed by atoms with E-state index in [1.165, 1.54) is 0 Å². The van der Waals surface area contributed by atoms with E-state index in [0.717, 1.165) is 0 Å². The molecule has 0 rings (SSSR count). The number of ether oxygens (including phenoxy) is 1. The van der Waals surface area contributed by atoms with Crippen LogP contribution in [0.25, 0.3) is 0 Å². The summed E-state index contributed by atoms with van der Waals surface area (Å²) in [6.07, 6.45) is 7.81. The van der Waals surface area contributed by atoms with Crippen molar-refractivity contribution in [2.24, 2.45) is 0 Å². The van der Waals surface area contributed by atoms with Crippen molar-refractivity contribution < 1.29 is 4.74 Å². The highest BCUT2D eigenvalue weighted by Crippen LogP contribution is 1.79. The van der Waals surface area contributed by atoms with Crippen LogP contribution in [0.2, 0.25) is 0 Å². The van der Waals surface area contributed by atoms with E-state index in [-0.39, 0.29) is 0 Å². The summed E-state index contributed by atoms with van der Waals surface area (Å²) in [5.41, 5.74) is 0. The van der Waals surface area contributed by atoms with Crippen LogP contribution in [0.5, 0.6) is 0 Å². The summed E-state index contributed by atoms with van der Waals surface area (Å²) in [5.74, 6) is 2.73. The third kappa shape index (κ3) is 9.48. The van der Waals surface area contributed by atoms with E-state index in [1.807, 2.05) is 31.2 Å². The Morgan fingerprint density at radius 2 is 2.27 bits per heavy atom. The molecule has 0 saturated carbocycles. The van der Waals surface area contributed by atoms with Crippen molar-refractivity contribution in [1.82, 2.24) is 0 Å². The van der Waals surface area contributed by atoms with Crippen molar-refractivity contribution in [3.05, 3.63) is 24.3 Å². The Morgan fingerprint density at radius 1 is 1.45 bits per heavy atom. The van der Waals surface area contributed by atoms with Gasteiger partial charge in [-0.1, -0.05) is 30.2 Å². The van der Waals surface area contributed by atoms with E-state index in [9.17, 15) is 0 Å². The molecule has 0 aromatic rings. The van der Waals surface area contributed by atoms with Gasteiger partial charge < -0.3 is 4.74 Å². The zero-order valence-electron chi connectivity index (χ0n) is 6.51. The van der Waals surface area contributed by atoms with Crippen molar-refractivity contribution in [1.29, 1.82) is 0 Å². The Morgan fingerprint density at radius 3 is 2.91 bits per heavy atom. The summed E-state index contributed by atoms with van der Waals surface area (Å²) in [6.45, 7) is 3.07. The zero-order chi connectivity index (χ0) is 8.36. The van der Waals surface area contributed by atoms with Gasteiger partial charge in [0.15, 0.2) is 0 Å². The van der Waals surface area contributed by atoms with Gasteiger partial charge >= 0.3 is 0 Å². The Bertz CT molecular complexity index is 183. The minimum Gasteiger partial charge on any atom is -0.365 e. The number of halogens is 1. The highest BCUT2D eigenvalue weighted by Gasteiger charge is 1.74. The van der Waals surface area contributed by atoms with Gasteiger partial charge in [0, 0.05) is 15.9 Å². The molecule has 0 unspecified atom stereocenters. The Balaban J connectivity index is 3.18. The van der Waals surface area contributed by atoms with Crippen LogP contribution in [0.1, 0.15) is 6.92 Å². The third-order valence-electron chi connectivity index (χ3n) is 0.895. The molecule has 0 aliphatic heterocycles. The van der Waals surface area contributed by atoms with Crippen LogP contribution in [-0.4, -0.2) is 13.2 Å². The van der Waals surface area contributed by atoms with Gasteiger partial charge in [-0.25, -0.2) is 0 Å². The summed E-state index contributed by atoms with van der Waals surface area (Å²) in [4.78, 5) is 2.57. The molecule has 0 spiro atoms. The molecular formula is C9H11BrO. The Labute approximate surface area is 76.3 Å². The molecule has 2 heteroatoms. The first-order valence-electron chi connectivity index (χ1n) is 3.36. The normalized spacial score (nSPS) is 10.4. The second kappa shape index (κ2) is 9.48. The van der Waals surface area contributed by atoms with Crippen LogP contribution < -0.4 is 0 Å². The number of hydrogen-bond donors (Lipinski definition) is 0. The first-order valence-corrected chi connectivity index (χ1v) is 4.15. The molecule has 0 aliphatic rings. The molecule has 60 valence electrons. The third-order valence-corrected chi connectivity index (χ3v) is 1.18. The molecule has 0 aliphatic carbocycles. The van der Waals surface area contributed by atoms with E-state index in [4.69, 9.17) is 4.74 Å². The van der Waals surface area contributed by atoms with E-state index in [0.29, 0.717) is 13.2 Å². The first kappa shape index (κ1) is 10.5. The molecule has 0 aromatic heterocycles. The molecular weight excluding hydrogens is 204 g/mol. The van der Waals surface area contributed by atoms with Gasteiger partial charge in [-0.2, -0.15) is 0 Å². The minimum atomic E-state index is 0.478. The van der Waals surface area contributed by atoms with Gasteiger partial charge in [-0.05, 0) is 11.8 Å². The maximum absolute atomic E-state index is 5.10. The van der Waals surface area contributed by atoms with Crippen LogP contribution in [0.4, 0.5) is 0 Å². The molecule has 0 fully saturated rings. The molecule has 0 saturated heterocycles. The van der Waals surface area contributed by atoms with Crippen molar-refractivity contribution in [3.63, 3.8) is 0 Å². The molecule has 1 nitrogen and oxygen atoms in total. The fourth-order valence-corrected chi connectivity index (χ4v) is 0.565. The lowest BCUT2D eigenvalue weighted by Crippen LogP contribution is -1.89. The van der Waals surface area contributed by atoms with Gasteiger partial charge in [-0.3, -0.25) is 0 Å². The van der Waals surface area contributed by atoms with Crippen molar-refractivity contribution in [2.45, 2.75) is 6.92 Å². The van der Waals surface area contributed by atoms with Crippen LogP contribution in [-0.2, 0) is 4.74 Å². The lowest BCUT2D eigenvalue weighted by Gasteiger charge is -1.89. The number of hydrogen-bond acceptors (Lipinski definition) is 1. The topological polar surface area (TPSA) is 9.23 Å². The highest BCUT2D eigenvalue weighted by molar-refractivity contribution is 9.12. The molecule has 0 atom stereocenters. The second-order valence-electron chi connectivity index (χ2n) is 1.74. The standard InChI is InChI=1S/C9H11BrO/c1-2-3-4-5-8-11-9-6-7-10/h2-5H,8-9H2,1H3. The number of allylic oxidation sites excluding steroid dienone is 3. The van der Waals surface area contributed by atoms with Crippen LogP contribution in [0, 0.1) is 10.8 Å². The van der Waals surface area contributed by atoms with Crippen LogP contribution >= 0.6 is 15.9 Å². The number of rotatable bonds is 4. The molecule has 0 heterocycles. The van der Waals surface area contributed by atoms with Crippen molar-refractivity contribution in [3.8, 4) is 10.8 Å². The predicted octanol–water partition coefficient (Wildman–Crippen LogP) is 2.49. The average molecular weight is 215 g/mol. The lowest BCUT2D eigenvalue weighted by molar-refractivity contribution is 0.199. The van der Waals surface area contributed by atoms with Crippen LogP contribution in [0.15, 0.2) is 24.3 Å². The first-order chi connectivity index (χ1) is 5.41. The zero-order valence-corrected chi connectivity index (χ0v) is 8.10. The summed E-state index contributed by atoms with van der Waals surface area (Å²) >= 11 is 2.97. The van der Waals surface area contributed by atoms with Crippen LogP contribution in [0.3, 0.4) is 0 Å². The molecule has 0 aromatic carbocycles. The Hall–Kier alpha value is -0.520. The lowest BCUT2D eigenvalue weighted by atomic mass is 10.4. The summed E-state index contributed by atoms with van der Waals surface area (Å²) in [6, 6.07) is 0. The molecule has 0 N–H and O–H groups in total. The van der Waals surface area contributed by atoms with E-state index >= 15 is 0 Å². The minimum absolute atomic E-state index is 0.478. The largest absolute Gasteiger partial charge is 0.365 e. The van der Waals surface area contributed by atoms with Gasteiger partial charge in [0.25, 0.3) is 0 Å². The van der Waals surface area contributed by atoms with Gasteiger partial charge in [0.2, 0.25) is 0 Å².